The van der Waals surface area contributed by atoms with Gasteiger partial charge in [-0.3, -0.25) is 9.78 Å². The van der Waals surface area contributed by atoms with Crippen LogP contribution in [0.5, 0.6) is 0 Å². The van der Waals surface area contributed by atoms with Gasteiger partial charge in [0.05, 0.1) is 24.0 Å². The van der Waals surface area contributed by atoms with Gasteiger partial charge in [-0.2, -0.15) is 13.2 Å². The molecular formula is C21H18F3N7O. The number of carbonyl (C=O) groups is 1. The summed E-state index contributed by atoms with van der Waals surface area (Å²) in [4.78, 5) is 35.3. The second-order valence-corrected chi connectivity index (χ2v) is 7.87. The fraction of sp³-hybridized carbons (Fsp3) is 0.333. The average Bonchev–Trinajstić information content (AvgIpc) is 3.40. The van der Waals surface area contributed by atoms with Crippen molar-refractivity contribution in [2.75, 3.05) is 11.9 Å². The van der Waals surface area contributed by atoms with Gasteiger partial charge in [0.25, 0.3) is 5.91 Å². The van der Waals surface area contributed by atoms with Gasteiger partial charge in [-0.05, 0) is 37.0 Å². The van der Waals surface area contributed by atoms with Crippen LogP contribution >= 0.6 is 0 Å². The van der Waals surface area contributed by atoms with Crippen molar-refractivity contribution in [3.05, 3.63) is 60.6 Å². The summed E-state index contributed by atoms with van der Waals surface area (Å²) in [5.74, 6) is 0.747. The molecule has 0 unspecified atom stereocenters. The van der Waals surface area contributed by atoms with Crippen LogP contribution in [0.1, 0.15) is 29.0 Å². The fourth-order valence-electron chi connectivity index (χ4n) is 4.48. The van der Waals surface area contributed by atoms with E-state index >= 15 is 0 Å². The van der Waals surface area contributed by atoms with Crippen molar-refractivity contribution in [1.29, 1.82) is 0 Å². The first-order chi connectivity index (χ1) is 15.4. The van der Waals surface area contributed by atoms with E-state index < -0.39 is 11.9 Å². The smallest absolute Gasteiger partial charge is 0.364 e. The van der Waals surface area contributed by atoms with Crippen molar-refractivity contribution < 1.29 is 18.0 Å². The third-order valence-electron chi connectivity index (χ3n) is 5.84. The monoisotopic (exact) mass is 441 g/mol. The summed E-state index contributed by atoms with van der Waals surface area (Å²) in [6.07, 6.45) is 3.61. The van der Waals surface area contributed by atoms with Gasteiger partial charge in [0, 0.05) is 31.2 Å². The molecule has 3 aromatic heterocycles. The number of rotatable bonds is 4. The Bertz CT molecular complexity index is 1120. The van der Waals surface area contributed by atoms with Gasteiger partial charge < -0.3 is 10.2 Å². The molecule has 1 aliphatic heterocycles. The van der Waals surface area contributed by atoms with Gasteiger partial charge in [-0.1, -0.05) is 0 Å². The summed E-state index contributed by atoms with van der Waals surface area (Å²) in [6.45, 7) is 0.603. The van der Waals surface area contributed by atoms with Crippen LogP contribution in [0, 0.1) is 5.92 Å². The van der Waals surface area contributed by atoms with Crippen molar-refractivity contribution in [2.24, 2.45) is 5.92 Å². The van der Waals surface area contributed by atoms with Gasteiger partial charge in [0.1, 0.15) is 11.5 Å². The molecule has 32 heavy (non-hydrogen) atoms. The Balaban J connectivity index is 1.35. The van der Waals surface area contributed by atoms with E-state index in [0.29, 0.717) is 30.0 Å². The fourth-order valence-corrected chi connectivity index (χ4v) is 4.48. The molecule has 4 heterocycles. The summed E-state index contributed by atoms with van der Waals surface area (Å²) >= 11 is 0. The third kappa shape index (κ3) is 3.74. The van der Waals surface area contributed by atoms with E-state index in [-0.39, 0.29) is 29.5 Å². The Kier molecular flexibility index (Phi) is 4.95. The van der Waals surface area contributed by atoms with E-state index in [9.17, 15) is 18.0 Å². The van der Waals surface area contributed by atoms with Crippen LogP contribution in [-0.4, -0.2) is 54.4 Å². The topological polar surface area (TPSA) is 96.8 Å². The standard InChI is InChI=1S/C21H18F3N7O/c22-21(23,24)16-9-29-17(10-28-16)30-14-7-12-8-15(14)31(11-12)20(32)18-13(3-1-4-25-18)19-26-5-2-6-27-19/h1-6,9-10,12,14-15H,7-8,11H2,(H,29,30)/t12-,14+,15-/m0/s1. The Morgan fingerprint density at radius 1 is 1.00 bits per heavy atom. The summed E-state index contributed by atoms with van der Waals surface area (Å²) in [7, 11) is 0. The van der Waals surface area contributed by atoms with Crippen LogP contribution in [0.15, 0.2) is 49.2 Å². The maximum Gasteiger partial charge on any atom is 0.434 e. The molecule has 3 atom stereocenters. The molecule has 0 aromatic carbocycles. The van der Waals surface area contributed by atoms with Gasteiger partial charge in [-0.25, -0.2) is 19.9 Å². The van der Waals surface area contributed by atoms with Crippen LogP contribution < -0.4 is 5.32 Å². The normalized spacial score (nSPS) is 22.2. The molecule has 2 bridgehead atoms. The highest BCUT2D eigenvalue weighted by atomic mass is 19.4. The predicted octanol–water partition coefficient (Wildman–Crippen LogP) is 3.06. The second-order valence-electron chi connectivity index (χ2n) is 7.87. The van der Waals surface area contributed by atoms with E-state index in [1.54, 1.807) is 41.7 Å². The molecule has 2 aliphatic rings. The zero-order valence-electron chi connectivity index (χ0n) is 16.7. The SMILES string of the molecule is O=C(c1ncccc1-c1ncccn1)N1C[C@H]2C[C@@H](Nc3cnc(C(F)(F)F)cn3)[C@@H]1C2. The first-order valence-electron chi connectivity index (χ1n) is 10.1. The summed E-state index contributed by atoms with van der Waals surface area (Å²) in [6, 6.07) is 4.93. The number of hydrogen-bond donors (Lipinski definition) is 1. The van der Waals surface area contributed by atoms with Crippen LogP contribution in [0.4, 0.5) is 19.0 Å². The van der Waals surface area contributed by atoms with Crippen LogP contribution in [0.3, 0.4) is 0 Å². The number of carbonyl (C=O) groups excluding carboxylic acids is 1. The lowest BCUT2D eigenvalue weighted by molar-refractivity contribution is -0.141. The van der Waals surface area contributed by atoms with Gasteiger partial charge in [0.15, 0.2) is 11.5 Å². The minimum absolute atomic E-state index is 0.122. The lowest BCUT2D eigenvalue weighted by Gasteiger charge is -2.34. The van der Waals surface area contributed by atoms with Crippen LogP contribution in [0.25, 0.3) is 11.4 Å². The number of fused-ring (bicyclic) bond motifs is 2. The molecule has 1 N–H and O–H groups in total. The molecule has 2 fully saturated rings. The van der Waals surface area contributed by atoms with Crippen molar-refractivity contribution >= 4 is 11.7 Å². The highest BCUT2D eigenvalue weighted by molar-refractivity contribution is 5.98. The first-order valence-corrected chi connectivity index (χ1v) is 10.1. The number of nitrogens with zero attached hydrogens (tertiary/aromatic N) is 6. The number of aromatic nitrogens is 5. The van der Waals surface area contributed by atoms with Gasteiger partial charge in [0.2, 0.25) is 0 Å². The number of amides is 1. The van der Waals surface area contributed by atoms with Gasteiger partial charge in [-0.15, -0.1) is 0 Å². The Labute approximate surface area is 181 Å². The largest absolute Gasteiger partial charge is 0.434 e. The molecule has 1 saturated heterocycles. The average molecular weight is 441 g/mol. The van der Waals surface area contributed by atoms with Crippen LogP contribution in [-0.2, 0) is 6.18 Å². The molecule has 1 aliphatic carbocycles. The number of piperidine rings is 1. The molecular weight excluding hydrogens is 423 g/mol. The quantitative estimate of drug-likeness (QED) is 0.665. The molecule has 3 aromatic rings. The maximum absolute atomic E-state index is 13.4. The highest BCUT2D eigenvalue weighted by Crippen LogP contribution is 2.40. The third-order valence-corrected chi connectivity index (χ3v) is 5.84. The summed E-state index contributed by atoms with van der Waals surface area (Å²) in [5.41, 5.74) is -0.211. The molecule has 0 spiro atoms. The molecule has 8 nitrogen and oxygen atoms in total. The number of likely N-dealkylation sites (tertiary alicyclic amines) is 1. The van der Waals surface area contributed by atoms with Crippen molar-refractivity contribution in [3.63, 3.8) is 0 Å². The number of pyridine rings is 1. The first kappa shape index (κ1) is 20.3. The predicted molar refractivity (Wildman–Crippen MR) is 107 cm³/mol. The molecule has 11 heteroatoms. The van der Waals surface area contributed by atoms with E-state index in [1.807, 2.05) is 0 Å². The Morgan fingerprint density at radius 3 is 2.47 bits per heavy atom. The Morgan fingerprint density at radius 2 is 1.78 bits per heavy atom. The molecule has 0 radical (unpaired) electrons. The lowest BCUT2D eigenvalue weighted by Crippen LogP contribution is -2.48. The summed E-state index contributed by atoms with van der Waals surface area (Å²) < 4.78 is 38.2. The van der Waals surface area contributed by atoms with Crippen LogP contribution in [0.2, 0.25) is 0 Å². The highest BCUT2D eigenvalue weighted by Gasteiger charge is 2.47. The zero-order chi connectivity index (χ0) is 22.3. The van der Waals surface area contributed by atoms with E-state index in [2.05, 4.69) is 30.2 Å². The van der Waals surface area contributed by atoms with E-state index in [0.717, 1.165) is 19.0 Å². The minimum Gasteiger partial charge on any atom is -0.364 e. The number of hydrogen-bond acceptors (Lipinski definition) is 7. The molecule has 1 amide bonds. The molecule has 5 rings (SSSR count). The lowest BCUT2D eigenvalue weighted by atomic mass is 10.0. The van der Waals surface area contributed by atoms with Crippen molar-refractivity contribution in [2.45, 2.75) is 31.1 Å². The molecule has 1 saturated carbocycles. The number of nitrogens with one attached hydrogen (secondary N) is 1. The zero-order valence-corrected chi connectivity index (χ0v) is 16.7. The van der Waals surface area contributed by atoms with Crippen molar-refractivity contribution in [1.82, 2.24) is 29.8 Å². The Hall–Kier alpha value is -3.63. The van der Waals surface area contributed by atoms with E-state index in [4.69, 9.17) is 0 Å². The van der Waals surface area contributed by atoms with Crippen molar-refractivity contribution in [3.8, 4) is 11.4 Å². The summed E-state index contributed by atoms with van der Waals surface area (Å²) in [5, 5.41) is 3.15. The molecule has 164 valence electrons. The second kappa shape index (κ2) is 7.81. The number of anilines is 1. The number of halogens is 3. The number of alkyl halides is 3. The van der Waals surface area contributed by atoms with Gasteiger partial charge >= 0.3 is 6.18 Å². The minimum atomic E-state index is -4.54. The van der Waals surface area contributed by atoms with E-state index in [1.165, 1.54) is 0 Å². The maximum atomic E-state index is 13.4.